The quantitative estimate of drug-likeness (QED) is 0.615. The zero-order valence-corrected chi connectivity index (χ0v) is 14.2. The molecule has 1 atom stereocenters. The Kier molecular flexibility index (Phi) is 5.89. The minimum absolute atomic E-state index is 0.0123. The minimum Gasteiger partial charge on any atom is -0.493 e. The first-order valence-electron chi connectivity index (χ1n) is 7.64. The van der Waals surface area contributed by atoms with E-state index in [9.17, 15) is 9.59 Å². The first-order chi connectivity index (χ1) is 11.9. The fraction of sp³-hybridized carbons (Fsp3) is 0.211. The van der Waals surface area contributed by atoms with E-state index in [0.717, 1.165) is 0 Å². The number of aliphatic carboxylic acids is 1. The lowest BCUT2D eigenvalue weighted by atomic mass is 10.1. The van der Waals surface area contributed by atoms with Crippen LogP contribution in [0.1, 0.15) is 29.8 Å². The Bertz CT molecular complexity index is 796. The summed E-state index contributed by atoms with van der Waals surface area (Å²) < 4.78 is 10.8. The van der Waals surface area contributed by atoms with Gasteiger partial charge in [-0.25, -0.2) is 4.79 Å². The van der Waals surface area contributed by atoms with E-state index in [0.29, 0.717) is 28.3 Å². The summed E-state index contributed by atoms with van der Waals surface area (Å²) in [5.41, 5.74) is 1.85. The number of ketones is 1. The number of methoxy groups -OCH3 is 1. The van der Waals surface area contributed by atoms with Gasteiger partial charge in [-0.3, -0.25) is 9.79 Å². The number of carboxylic acids is 1. The van der Waals surface area contributed by atoms with Crippen LogP contribution in [0.3, 0.4) is 0 Å². The lowest BCUT2D eigenvalue weighted by Gasteiger charge is -2.15. The van der Waals surface area contributed by atoms with Crippen molar-refractivity contribution in [1.82, 2.24) is 0 Å². The van der Waals surface area contributed by atoms with Crippen LogP contribution >= 0.6 is 0 Å². The molecule has 0 fully saturated rings. The van der Waals surface area contributed by atoms with Gasteiger partial charge >= 0.3 is 5.97 Å². The van der Waals surface area contributed by atoms with Gasteiger partial charge in [-0.1, -0.05) is 6.07 Å². The summed E-state index contributed by atoms with van der Waals surface area (Å²) >= 11 is 0. The maximum atomic E-state index is 11.3. The van der Waals surface area contributed by atoms with Gasteiger partial charge < -0.3 is 14.6 Å². The lowest BCUT2D eigenvalue weighted by molar-refractivity contribution is -0.144. The van der Waals surface area contributed by atoms with Crippen molar-refractivity contribution >= 4 is 23.7 Å². The highest BCUT2D eigenvalue weighted by Crippen LogP contribution is 2.31. The smallest absolute Gasteiger partial charge is 0.344 e. The Labute approximate surface area is 145 Å². The summed E-state index contributed by atoms with van der Waals surface area (Å²) in [6.07, 6.45) is 0.535. The fourth-order valence-corrected chi connectivity index (χ4v) is 2.07. The summed E-state index contributed by atoms with van der Waals surface area (Å²) in [4.78, 5) is 26.7. The Morgan fingerprint density at radius 2 is 1.84 bits per heavy atom. The number of hydrogen-bond donors (Lipinski definition) is 1. The van der Waals surface area contributed by atoms with E-state index < -0.39 is 12.1 Å². The predicted octanol–water partition coefficient (Wildman–Crippen LogP) is 3.50. The van der Waals surface area contributed by atoms with Gasteiger partial charge in [0.15, 0.2) is 23.4 Å². The van der Waals surface area contributed by atoms with Gasteiger partial charge in [-0.15, -0.1) is 0 Å². The van der Waals surface area contributed by atoms with Crippen molar-refractivity contribution in [2.45, 2.75) is 20.0 Å². The maximum Gasteiger partial charge on any atom is 0.344 e. The van der Waals surface area contributed by atoms with Gasteiger partial charge in [0.1, 0.15) is 0 Å². The van der Waals surface area contributed by atoms with Crippen LogP contribution in [0.5, 0.6) is 11.5 Å². The molecule has 2 aromatic carbocycles. The predicted molar refractivity (Wildman–Crippen MR) is 94.4 cm³/mol. The number of benzene rings is 2. The average molecular weight is 341 g/mol. The van der Waals surface area contributed by atoms with E-state index in [1.165, 1.54) is 21.0 Å². The van der Waals surface area contributed by atoms with Gasteiger partial charge in [0.25, 0.3) is 0 Å². The van der Waals surface area contributed by atoms with Gasteiger partial charge in [-0.05, 0) is 50.2 Å². The first kappa shape index (κ1) is 18.2. The highest BCUT2D eigenvalue weighted by atomic mass is 16.5. The fourth-order valence-electron chi connectivity index (χ4n) is 2.07. The molecular formula is C19H19NO5. The summed E-state index contributed by atoms with van der Waals surface area (Å²) in [7, 11) is 1.48. The van der Waals surface area contributed by atoms with Crippen LogP contribution in [0.15, 0.2) is 47.5 Å². The highest BCUT2D eigenvalue weighted by Gasteiger charge is 2.17. The third kappa shape index (κ3) is 4.67. The number of carbonyl (C=O) groups excluding carboxylic acids is 1. The largest absolute Gasteiger partial charge is 0.493 e. The molecule has 0 aliphatic rings. The maximum absolute atomic E-state index is 11.3. The number of hydrogen-bond acceptors (Lipinski definition) is 5. The Hall–Kier alpha value is -3.15. The SMILES string of the molecule is COc1cccc(C=Nc2ccc(C(C)=O)cc2)c1O[C@H](C)C(=O)O. The topological polar surface area (TPSA) is 85.2 Å². The number of rotatable bonds is 7. The number of para-hydroxylation sites is 1. The van der Waals surface area contributed by atoms with Gasteiger partial charge in [0, 0.05) is 17.3 Å². The van der Waals surface area contributed by atoms with Crippen molar-refractivity contribution in [3.8, 4) is 11.5 Å². The van der Waals surface area contributed by atoms with Crippen molar-refractivity contribution in [2.75, 3.05) is 7.11 Å². The highest BCUT2D eigenvalue weighted by molar-refractivity contribution is 5.94. The molecule has 0 radical (unpaired) electrons. The van der Waals surface area contributed by atoms with Gasteiger partial charge in [0.05, 0.1) is 12.8 Å². The Morgan fingerprint density at radius 3 is 2.40 bits per heavy atom. The molecule has 0 aromatic heterocycles. The van der Waals surface area contributed by atoms with Crippen LogP contribution in [-0.2, 0) is 4.79 Å². The lowest BCUT2D eigenvalue weighted by Crippen LogP contribution is -2.23. The van der Waals surface area contributed by atoms with Crippen molar-refractivity contribution in [1.29, 1.82) is 0 Å². The molecule has 0 amide bonds. The molecule has 0 saturated carbocycles. The third-order valence-electron chi connectivity index (χ3n) is 3.50. The summed E-state index contributed by atoms with van der Waals surface area (Å²) in [5, 5.41) is 9.05. The second-order valence-corrected chi connectivity index (χ2v) is 5.34. The summed E-state index contributed by atoms with van der Waals surface area (Å²) in [6.45, 7) is 2.94. The van der Waals surface area contributed by atoms with Gasteiger partial charge in [0.2, 0.25) is 0 Å². The van der Waals surface area contributed by atoms with Crippen molar-refractivity contribution in [2.24, 2.45) is 4.99 Å². The molecule has 0 bridgehead atoms. The molecule has 0 spiro atoms. The first-order valence-corrected chi connectivity index (χ1v) is 7.64. The molecular weight excluding hydrogens is 322 g/mol. The molecule has 6 nitrogen and oxygen atoms in total. The number of Topliss-reactive ketones (excluding diaryl/α,β-unsaturated/α-hetero) is 1. The van der Waals surface area contributed by atoms with Gasteiger partial charge in [-0.2, -0.15) is 0 Å². The Balaban J connectivity index is 2.31. The minimum atomic E-state index is -1.08. The summed E-state index contributed by atoms with van der Waals surface area (Å²) in [5.74, 6) is -0.358. The van der Waals surface area contributed by atoms with Crippen LogP contribution in [0.2, 0.25) is 0 Å². The van der Waals surface area contributed by atoms with E-state index in [1.54, 1.807) is 48.7 Å². The van der Waals surface area contributed by atoms with E-state index in [1.807, 2.05) is 0 Å². The monoisotopic (exact) mass is 341 g/mol. The van der Waals surface area contributed by atoms with Crippen LogP contribution < -0.4 is 9.47 Å². The van der Waals surface area contributed by atoms with Crippen LogP contribution in [0.4, 0.5) is 5.69 Å². The molecule has 2 rings (SSSR count). The third-order valence-corrected chi connectivity index (χ3v) is 3.50. The molecule has 0 unspecified atom stereocenters. The number of carboxylic acid groups (broad SMARTS) is 1. The zero-order chi connectivity index (χ0) is 18.4. The molecule has 6 heteroatoms. The second kappa shape index (κ2) is 8.10. The standard InChI is InChI=1S/C19H19NO5/c1-12(21)14-7-9-16(10-8-14)20-11-15-5-4-6-17(24-3)18(15)25-13(2)19(22)23/h4-11,13H,1-3H3,(H,22,23)/t13-/m1/s1. The normalized spacial score (nSPS) is 12.0. The van der Waals surface area contributed by atoms with Crippen molar-refractivity contribution < 1.29 is 24.2 Å². The van der Waals surface area contributed by atoms with Crippen molar-refractivity contribution in [3.63, 3.8) is 0 Å². The van der Waals surface area contributed by atoms with E-state index in [4.69, 9.17) is 14.6 Å². The summed E-state index contributed by atoms with van der Waals surface area (Å²) in [6, 6.07) is 12.1. The Morgan fingerprint density at radius 1 is 1.16 bits per heavy atom. The number of nitrogens with zero attached hydrogens (tertiary/aromatic N) is 1. The van der Waals surface area contributed by atoms with E-state index in [-0.39, 0.29) is 5.78 Å². The number of aliphatic imine (C=N–C) groups is 1. The molecule has 0 aliphatic heterocycles. The second-order valence-electron chi connectivity index (χ2n) is 5.34. The molecule has 0 saturated heterocycles. The van der Waals surface area contributed by atoms with Crippen LogP contribution in [0, 0.1) is 0 Å². The van der Waals surface area contributed by atoms with E-state index >= 15 is 0 Å². The van der Waals surface area contributed by atoms with Crippen LogP contribution in [0.25, 0.3) is 0 Å². The average Bonchev–Trinajstić information content (AvgIpc) is 2.60. The molecule has 0 heterocycles. The van der Waals surface area contributed by atoms with Crippen molar-refractivity contribution in [3.05, 3.63) is 53.6 Å². The molecule has 2 aromatic rings. The molecule has 1 N–H and O–H groups in total. The van der Waals surface area contributed by atoms with Crippen LogP contribution in [-0.4, -0.2) is 36.3 Å². The van der Waals surface area contributed by atoms with E-state index in [2.05, 4.69) is 4.99 Å². The molecule has 25 heavy (non-hydrogen) atoms. The number of ether oxygens (including phenoxy) is 2. The number of carbonyl (C=O) groups is 2. The molecule has 0 aliphatic carbocycles. The molecule has 130 valence electrons. The zero-order valence-electron chi connectivity index (χ0n) is 14.2.